The van der Waals surface area contributed by atoms with Gasteiger partial charge >= 0.3 is 0 Å². The fraction of sp³-hybridized carbons (Fsp3) is 0.391. The number of hydrogen-bond acceptors (Lipinski definition) is 5. The summed E-state index contributed by atoms with van der Waals surface area (Å²) >= 11 is 0. The van der Waals surface area contributed by atoms with Crippen LogP contribution < -0.4 is 9.64 Å². The maximum atomic E-state index is 5.79. The molecule has 0 unspecified atom stereocenters. The number of ether oxygens (including phenoxy) is 1. The Kier molecular flexibility index (Phi) is 6.02. The van der Waals surface area contributed by atoms with E-state index in [1.807, 2.05) is 24.3 Å². The minimum atomic E-state index is 0.616. The topological polar surface area (TPSA) is 41.5 Å². The van der Waals surface area contributed by atoms with Crippen molar-refractivity contribution in [3.63, 3.8) is 0 Å². The first-order valence-electron chi connectivity index (χ1n) is 10.2. The summed E-state index contributed by atoms with van der Waals surface area (Å²) in [6, 6.07) is 16.7. The maximum absolute atomic E-state index is 5.79. The van der Waals surface area contributed by atoms with Gasteiger partial charge in [0.2, 0.25) is 5.88 Å². The molecule has 0 radical (unpaired) electrons. The van der Waals surface area contributed by atoms with Gasteiger partial charge in [-0.05, 0) is 56.1 Å². The lowest BCUT2D eigenvalue weighted by Gasteiger charge is -2.36. The molecule has 146 valence electrons. The third-order valence-electron chi connectivity index (χ3n) is 5.28. The van der Waals surface area contributed by atoms with Gasteiger partial charge in [-0.25, -0.2) is 9.97 Å². The Morgan fingerprint density at radius 2 is 1.75 bits per heavy atom. The fourth-order valence-electron chi connectivity index (χ4n) is 3.68. The zero-order chi connectivity index (χ0) is 19.2. The van der Waals surface area contributed by atoms with Crippen molar-refractivity contribution in [1.82, 2.24) is 14.9 Å². The molecule has 3 aromatic rings. The predicted octanol–water partition coefficient (Wildman–Crippen LogP) is 3.92. The molecule has 28 heavy (non-hydrogen) atoms. The van der Waals surface area contributed by atoms with Crippen LogP contribution in [0.15, 0.2) is 54.7 Å². The van der Waals surface area contributed by atoms with Gasteiger partial charge in [0.25, 0.3) is 0 Å². The van der Waals surface area contributed by atoms with E-state index in [2.05, 4.69) is 51.0 Å². The second-order valence-electron chi connectivity index (χ2n) is 7.42. The number of rotatable bonds is 7. The minimum Gasteiger partial charge on any atom is -0.477 e. The van der Waals surface area contributed by atoms with E-state index in [1.165, 1.54) is 11.3 Å². The third-order valence-corrected chi connectivity index (χ3v) is 5.28. The Labute approximate surface area is 167 Å². The summed E-state index contributed by atoms with van der Waals surface area (Å²) in [5.41, 5.74) is 4.46. The summed E-state index contributed by atoms with van der Waals surface area (Å²) in [5, 5.41) is 0. The van der Waals surface area contributed by atoms with Gasteiger partial charge in [0.15, 0.2) is 0 Å². The fourth-order valence-corrected chi connectivity index (χ4v) is 3.68. The van der Waals surface area contributed by atoms with E-state index in [1.54, 1.807) is 6.20 Å². The number of piperazine rings is 1. The van der Waals surface area contributed by atoms with Gasteiger partial charge in [-0.15, -0.1) is 0 Å². The van der Waals surface area contributed by atoms with Crippen molar-refractivity contribution in [2.24, 2.45) is 0 Å². The maximum Gasteiger partial charge on any atom is 0.232 e. The van der Waals surface area contributed by atoms with E-state index < -0.39 is 0 Å². The summed E-state index contributed by atoms with van der Waals surface area (Å²) in [4.78, 5) is 13.9. The molecule has 5 heteroatoms. The van der Waals surface area contributed by atoms with Crippen LogP contribution in [0, 0.1) is 6.92 Å². The molecule has 5 nitrogen and oxygen atoms in total. The molecule has 4 rings (SSSR count). The highest BCUT2D eigenvalue weighted by molar-refractivity contribution is 5.73. The molecular weight excluding hydrogens is 348 g/mol. The van der Waals surface area contributed by atoms with Crippen LogP contribution in [0.5, 0.6) is 5.88 Å². The second-order valence-corrected chi connectivity index (χ2v) is 7.42. The van der Waals surface area contributed by atoms with Gasteiger partial charge in [-0.3, -0.25) is 4.90 Å². The van der Waals surface area contributed by atoms with E-state index >= 15 is 0 Å². The van der Waals surface area contributed by atoms with Crippen molar-refractivity contribution in [2.45, 2.75) is 19.8 Å². The van der Waals surface area contributed by atoms with Crippen molar-refractivity contribution in [3.8, 4) is 5.88 Å². The summed E-state index contributed by atoms with van der Waals surface area (Å²) in [7, 11) is 0. The normalized spacial score (nSPS) is 15.1. The average molecular weight is 377 g/mol. The van der Waals surface area contributed by atoms with E-state index in [4.69, 9.17) is 4.74 Å². The largest absolute Gasteiger partial charge is 0.477 e. The number of anilines is 1. The number of unbranched alkanes of at least 4 members (excludes halogenated alkanes) is 1. The Balaban J connectivity index is 1.15. The van der Waals surface area contributed by atoms with Gasteiger partial charge < -0.3 is 9.64 Å². The van der Waals surface area contributed by atoms with Crippen molar-refractivity contribution >= 4 is 16.7 Å². The van der Waals surface area contributed by atoms with Crippen LogP contribution in [0.25, 0.3) is 11.0 Å². The lowest BCUT2D eigenvalue weighted by Crippen LogP contribution is -2.46. The number of benzene rings is 2. The quantitative estimate of drug-likeness (QED) is 0.585. The number of hydrogen-bond donors (Lipinski definition) is 0. The number of fused-ring (bicyclic) bond motifs is 1. The number of para-hydroxylation sites is 2. The molecule has 1 aliphatic heterocycles. The SMILES string of the molecule is Cc1cccc(N2CCN(CCCCOc3cnc4ccccc4n3)CC2)c1. The second kappa shape index (κ2) is 9.02. The molecule has 0 N–H and O–H groups in total. The summed E-state index contributed by atoms with van der Waals surface area (Å²) in [5.74, 6) is 0.616. The molecule has 0 saturated carbocycles. The molecule has 0 aliphatic carbocycles. The van der Waals surface area contributed by atoms with Crippen LogP contribution >= 0.6 is 0 Å². The Hall–Kier alpha value is -2.66. The highest BCUT2D eigenvalue weighted by atomic mass is 16.5. The van der Waals surface area contributed by atoms with Gasteiger partial charge in [-0.1, -0.05) is 24.3 Å². The van der Waals surface area contributed by atoms with Gasteiger partial charge in [0.1, 0.15) is 0 Å². The van der Waals surface area contributed by atoms with Crippen LogP contribution in [0.4, 0.5) is 5.69 Å². The lowest BCUT2D eigenvalue weighted by molar-refractivity contribution is 0.236. The molecule has 0 amide bonds. The molecule has 0 atom stereocenters. The Morgan fingerprint density at radius 3 is 2.57 bits per heavy atom. The van der Waals surface area contributed by atoms with Gasteiger partial charge in [0, 0.05) is 31.9 Å². The summed E-state index contributed by atoms with van der Waals surface area (Å²) < 4.78 is 5.79. The molecule has 0 spiro atoms. The number of aromatic nitrogens is 2. The summed E-state index contributed by atoms with van der Waals surface area (Å²) in [6.07, 6.45) is 3.89. The zero-order valence-corrected chi connectivity index (χ0v) is 16.6. The molecule has 2 heterocycles. The molecular formula is C23H28N4O. The van der Waals surface area contributed by atoms with Crippen molar-refractivity contribution in [3.05, 3.63) is 60.3 Å². The Morgan fingerprint density at radius 1 is 0.929 bits per heavy atom. The van der Waals surface area contributed by atoms with Crippen LogP contribution in [0.3, 0.4) is 0 Å². The molecule has 2 aromatic carbocycles. The first-order chi connectivity index (χ1) is 13.8. The van der Waals surface area contributed by atoms with Crippen molar-refractivity contribution < 1.29 is 4.74 Å². The number of nitrogens with zero attached hydrogens (tertiary/aromatic N) is 4. The van der Waals surface area contributed by atoms with E-state index in [-0.39, 0.29) is 0 Å². The standard InChI is InChI=1S/C23H28N4O/c1-19-7-6-8-20(17-19)27-14-12-26(13-15-27)11-4-5-16-28-23-18-24-21-9-2-3-10-22(21)25-23/h2-3,6-10,17-18H,4-5,11-16H2,1H3. The first-order valence-corrected chi connectivity index (χ1v) is 10.2. The monoisotopic (exact) mass is 376 g/mol. The minimum absolute atomic E-state index is 0.616. The highest BCUT2D eigenvalue weighted by Crippen LogP contribution is 2.18. The highest BCUT2D eigenvalue weighted by Gasteiger charge is 2.16. The van der Waals surface area contributed by atoms with Crippen LogP contribution in [-0.2, 0) is 0 Å². The average Bonchev–Trinajstić information content (AvgIpc) is 2.74. The smallest absolute Gasteiger partial charge is 0.232 e. The third kappa shape index (κ3) is 4.78. The van der Waals surface area contributed by atoms with Crippen LogP contribution in [0.1, 0.15) is 18.4 Å². The van der Waals surface area contributed by atoms with Crippen LogP contribution in [-0.4, -0.2) is 54.2 Å². The van der Waals surface area contributed by atoms with Crippen LogP contribution in [0.2, 0.25) is 0 Å². The van der Waals surface area contributed by atoms with Gasteiger partial charge in [-0.2, -0.15) is 0 Å². The van der Waals surface area contributed by atoms with Crippen molar-refractivity contribution in [2.75, 3.05) is 44.2 Å². The molecule has 1 fully saturated rings. The Bertz CT molecular complexity index is 906. The number of aryl methyl sites for hydroxylation is 1. The molecule has 1 aromatic heterocycles. The lowest BCUT2D eigenvalue weighted by atomic mass is 10.2. The van der Waals surface area contributed by atoms with E-state index in [0.717, 1.165) is 56.6 Å². The molecule has 1 aliphatic rings. The molecule has 0 bridgehead atoms. The predicted molar refractivity (Wildman–Crippen MR) is 114 cm³/mol. The summed E-state index contributed by atoms with van der Waals surface area (Å²) in [6.45, 7) is 8.45. The first kappa shape index (κ1) is 18.7. The zero-order valence-electron chi connectivity index (χ0n) is 16.6. The molecule has 1 saturated heterocycles. The van der Waals surface area contributed by atoms with Crippen molar-refractivity contribution in [1.29, 1.82) is 0 Å². The van der Waals surface area contributed by atoms with E-state index in [0.29, 0.717) is 12.5 Å². The van der Waals surface area contributed by atoms with E-state index in [9.17, 15) is 0 Å². The van der Waals surface area contributed by atoms with Gasteiger partial charge in [0.05, 0.1) is 23.8 Å².